The molecule has 38 heavy (non-hydrogen) atoms. The Labute approximate surface area is 226 Å². The number of benzene rings is 2. The Hall–Kier alpha value is -3.42. The molecule has 4 rings (SSSR count). The maximum Gasteiger partial charge on any atom is 0.171 e. The third-order valence-electron chi connectivity index (χ3n) is 6.10. The molecule has 0 radical (unpaired) electrons. The molecule has 2 heterocycles. The van der Waals surface area contributed by atoms with Crippen molar-refractivity contribution in [2.24, 2.45) is 0 Å². The molecule has 0 fully saturated rings. The van der Waals surface area contributed by atoms with Gasteiger partial charge in [0.25, 0.3) is 0 Å². The van der Waals surface area contributed by atoms with E-state index in [2.05, 4.69) is 107 Å². The van der Waals surface area contributed by atoms with E-state index in [-0.39, 0.29) is 0 Å². The standard InChI is InChI=1S/C32H38N2O4/c1-3-7-29(8-4-1)31-11-15-33(16-12-31)19-21-35-23-25-37-27-28-38-26-24-36-22-20-34-17-13-32(14-18-34)30-9-5-2-6-10-30/h1-18H,19-28H2/q+2. The van der Waals surface area contributed by atoms with Gasteiger partial charge in [-0.1, -0.05) is 60.7 Å². The van der Waals surface area contributed by atoms with Crippen LogP contribution in [-0.4, -0.2) is 52.9 Å². The van der Waals surface area contributed by atoms with Crippen LogP contribution in [0, 0.1) is 0 Å². The second-order valence-electron chi connectivity index (χ2n) is 8.83. The summed E-state index contributed by atoms with van der Waals surface area (Å²) in [6.45, 7) is 6.35. The van der Waals surface area contributed by atoms with Gasteiger partial charge in [-0.3, -0.25) is 0 Å². The van der Waals surface area contributed by atoms with E-state index < -0.39 is 0 Å². The zero-order valence-corrected chi connectivity index (χ0v) is 22.0. The molecule has 0 unspecified atom stereocenters. The lowest BCUT2D eigenvalue weighted by molar-refractivity contribution is -0.698. The number of aromatic nitrogens is 2. The van der Waals surface area contributed by atoms with Crippen LogP contribution in [0.3, 0.4) is 0 Å². The zero-order chi connectivity index (χ0) is 26.1. The highest BCUT2D eigenvalue weighted by molar-refractivity contribution is 5.62. The quantitative estimate of drug-likeness (QED) is 0.155. The number of ether oxygens (including phenoxy) is 4. The van der Waals surface area contributed by atoms with Crippen LogP contribution in [0.2, 0.25) is 0 Å². The Morgan fingerprint density at radius 3 is 0.974 bits per heavy atom. The summed E-state index contributed by atoms with van der Waals surface area (Å²) < 4.78 is 26.8. The van der Waals surface area contributed by atoms with Gasteiger partial charge < -0.3 is 18.9 Å². The fraction of sp³-hybridized carbons (Fsp3) is 0.312. The van der Waals surface area contributed by atoms with E-state index >= 15 is 0 Å². The van der Waals surface area contributed by atoms with Gasteiger partial charge in [0.1, 0.15) is 13.2 Å². The van der Waals surface area contributed by atoms with E-state index in [1.165, 1.54) is 22.3 Å². The Kier molecular flexibility index (Phi) is 11.9. The molecule has 198 valence electrons. The predicted molar refractivity (Wildman–Crippen MR) is 147 cm³/mol. The predicted octanol–water partition coefficient (Wildman–Crippen LogP) is 4.36. The second-order valence-corrected chi connectivity index (χ2v) is 8.83. The molecule has 0 atom stereocenters. The average molecular weight is 515 g/mol. The van der Waals surface area contributed by atoms with Gasteiger partial charge in [0.05, 0.1) is 39.6 Å². The monoisotopic (exact) mass is 514 g/mol. The number of pyridine rings is 2. The molecule has 6 heteroatoms. The van der Waals surface area contributed by atoms with E-state index in [9.17, 15) is 0 Å². The van der Waals surface area contributed by atoms with Gasteiger partial charge in [0, 0.05) is 24.3 Å². The van der Waals surface area contributed by atoms with Crippen LogP contribution >= 0.6 is 0 Å². The molecular formula is C32H38N2O4+2. The first kappa shape index (κ1) is 27.6. The fourth-order valence-electron chi connectivity index (χ4n) is 3.96. The molecule has 0 amide bonds. The largest absolute Gasteiger partial charge is 0.377 e. The lowest BCUT2D eigenvalue weighted by Gasteiger charge is -2.07. The SMILES string of the molecule is c1ccc(-c2cc[n+](CCOCCOCCOCCOCC[n+]3ccc(-c4ccccc4)cc3)cc2)cc1. The van der Waals surface area contributed by atoms with Crippen molar-refractivity contribution in [3.8, 4) is 22.3 Å². The first-order valence-corrected chi connectivity index (χ1v) is 13.3. The van der Waals surface area contributed by atoms with Gasteiger partial charge in [-0.05, 0) is 22.3 Å². The van der Waals surface area contributed by atoms with Gasteiger partial charge in [-0.15, -0.1) is 0 Å². The molecule has 0 saturated carbocycles. The maximum absolute atomic E-state index is 5.68. The van der Waals surface area contributed by atoms with Crippen molar-refractivity contribution < 1.29 is 28.1 Å². The Morgan fingerprint density at radius 2 is 0.632 bits per heavy atom. The van der Waals surface area contributed by atoms with Gasteiger partial charge in [-0.25, -0.2) is 9.13 Å². The number of nitrogens with zero attached hydrogens (tertiary/aromatic N) is 2. The molecule has 0 bridgehead atoms. The van der Waals surface area contributed by atoms with Crippen molar-refractivity contribution in [3.63, 3.8) is 0 Å². The van der Waals surface area contributed by atoms with Crippen LogP contribution in [0.1, 0.15) is 0 Å². The Bertz CT molecular complexity index is 1060. The lowest BCUT2D eigenvalue weighted by atomic mass is 10.1. The summed E-state index contributed by atoms with van der Waals surface area (Å²) in [7, 11) is 0. The Morgan fingerprint density at radius 1 is 0.342 bits per heavy atom. The maximum atomic E-state index is 5.68. The minimum atomic E-state index is 0.558. The molecule has 0 aliphatic rings. The average Bonchev–Trinajstić information content (AvgIpc) is 2.99. The van der Waals surface area contributed by atoms with Crippen molar-refractivity contribution in [1.82, 2.24) is 0 Å². The number of hydrogen-bond acceptors (Lipinski definition) is 4. The number of rotatable bonds is 17. The summed E-state index contributed by atoms with van der Waals surface area (Å²) in [5, 5.41) is 0. The van der Waals surface area contributed by atoms with Crippen LogP contribution in [0.25, 0.3) is 22.3 Å². The van der Waals surface area contributed by atoms with Crippen molar-refractivity contribution in [3.05, 3.63) is 110 Å². The van der Waals surface area contributed by atoms with Crippen LogP contribution in [0.15, 0.2) is 110 Å². The van der Waals surface area contributed by atoms with Gasteiger partial charge in [-0.2, -0.15) is 0 Å². The second kappa shape index (κ2) is 16.4. The van der Waals surface area contributed by atoms with E-state index in [0.717, 1.165) is 13.1 Å². The molecule has 0 aliphatic heterocycles. The molecule has 0 aliphatic carbocycles. The minimum Gasteiger partial charge on any atom is -0.377 e. The molecule has 6 nitrogen and oxygen atoms in total. The van der Waals surface area contributed by atoms with Gasteiger partial charge in [0.15, 0.2) is 37.9 Å². The third-order valence-corrected chi connectivity index (χ3v) is 6.10. The summed E-state index contributed by atoms with van der Waals surface area (Å²) in [5.41, 5.74) is 4.89. The molecule has 0 N–H and O–H groups in total. The normalized spacial score (nSPS) is 11.1. The first-order chi connectivity index (χ1) is 18.9. The summed E-state index contributed by atoms with van der Waals surface area (Å²) in [6, 6.07) is 29.3. The highest BCUT2D eigenvalue weighted by atomic mass is 16.6. The molecule has 0 spiro atoms. The van der Waals surface area contributed by atoms with Gasteiger partial charge >= 0.3 is 0 Å². The van der Waals surface area contributed by atoms with Gasteiger partial charge in [0.2, 0.25) is 0 Å². The topological polar surface area (TPSA) is 44.7 Å². The van der Waals surface area contributed by atoms with Crippen molar-refractivity contribution in [1.29, 1.82) is 0 Å². The van der Waals surface area contributed by atoms with E-state index in [1.807, 2.05) is 12.1 Å². The highest BCUT2D eigenvalue weighted by Crippen LogP contribution is 2.17. The smallest absolute Gasteiger partial charge is 0.171 e. The summed E-state index contributed by atoms with van der Waals surface area (Å²) in [4.78, 5) is 0. The van der Waals surface area contributed by atoms with E-state index in [1.54, 1.807) is 0 Å². The summed E-state index contributed by atoms with van der Waals surface area (Å²) in [6.07, 6.45) is 8.35. The van der Waals surface area contributed by atoms with Crippen LogP contribution < -0.4 is 9.13 Å². The van der Waals surface area contributed by atoms with Crippen molar-refractivity contribution >= 4 is 0 Å². The van der Waals surface area contributed by atoms with Crippen LogP contribution in [0.5, 0.6) is 0 Å². The zero-order valence-electron chi connectivity index (χ0n) is 22.0. The molecule has 4 aromatic rings. The number of hydrogen-bond donors (Lipinski definition) is 0. The van der Waals surface area contributed by atoms with E-state index in [0.29, 0.717) is 52.9 Å². The van der Waals surface area contributed by atoms with E-state index in [4.69, 9.17) is 18.9 Å². The van der Waals surface area contributed by atoms with Crippen molar-refractivity contribution in [2.75, 3.05) is 52.9 Å². The summed E-state index contributed by atoms with van der Waals surface area (Å²) in [5.74, 6) is 0. The van der Waals surface area contributed by atoms with Crippen LogP contribution in [-0.2, 0) is 32.0 Å². The van der Waals surface area contributed by atoms with Crippen LogP contribution in [0.4, 0.5) is 0 Å². The first-order valence-electron chi connectivity index (χ1n) is 13.3. The molecule has 2 aromatic carbocycles. The summed E-state index contributed by atoms with van der Waals surface area (Å²) >= 11 is 0. The fourth-order valence-corrected chi connectivity index (χ4v) is 3.96. The lowest BCUT2D eigenvalue weighted by Crippen LogP contribution is -2.35. The third kappa shape index (κ3) is 9.80. The Balaban J connectivity index is 0.935. The molecule has 2 aromatic heterocycles. The molecular weight excluding hydrogens is 476 g/mol. The van der Waals surface area contributed by atoms with Crippen molar-refractivity contribution in [2.45, 2.75) is 13.1 Å². The highest BCUT2D eigenvalue weighted by Gasteiger charge is 2.04. The minimum absolute atomic E-state index is 0.558. The molecule has 0 saturated heterocycles.